The van der Waals surface area contributed by atoms with E-state index in [0.717, 1.165) is 43.4 Å². The maximum absolute atomic E-state index is 13.1. The summed E-state index contributed by atoms with van der Waals surface area (Å²) in [5, 5.41) is 0.741. The van der Waals surface area contributed by atoms with Gasteiger partial charge in [0, 0.05) is 28.7 Å². The molecular weight excluding hydrogens is 315 g/mol. The second-order valence-corrected chi connectivity index (χ2v) is 7.10. The standard InChI is InChI=1S/C18H22F3N3/c19-18(20,21)11-24-16-5-1-4-15(22)14(16)10-17(24)12-6-8-23-7-2-3-13(23)9-12/h1,4-5,10,12-13H,2-3,6-9,11,22H2. The molecule has 2 unspecified atom stereocenters. The van der Waals surface area contributed by atoms with Crippen LogP contribution in [0.15, 0.2) is 24.3 Å². The van der Waals surface area contributed by atoms with Crippen molar-refractivity contribution < 1.29 is 13.2 Å². The number of nitrogens with zero attached hydrogens (tertiary/aromatic N) is 2. The second-order valence-electron chi connectivity index (χ2n) is 7.10. The fourth-order valence-electron chi connectivity index (χ4n) is 4.51. The molecule has 2 aromatic rings. The van der Waals surface area contributed by atoms with Gasteiger partial charge in [-0.2, -0.15) is 13.2 Å². The molecule has 4 rings (SSSR count). The molecule has 2 N–H and O–H groups in total. The summed E-state index contributed by atoms with van der Waals surface area (Å²) in [6.45, 7) is 1.17. The van der Waals surface area contributed by atoms with Gasteiger partial charge in [-0.1, -0.05) is 6.07 Å². The fourth-order valence-corrected chi connectivity index (χ4v) is 4.51. The number of hydrogen-bond donors (Lipinski definition) is 1. The maximum Gasteiger partial charge on any atom is 0.406 e. The van der Waals surface area contributed by atoms with Crippen LogP contribution in [0.4, 0.5) is 18.9 Å². The molecule has 2 fully saturated rings. The van der Waals surface area contributed by atoms with Crippen molar-refractivity contribution in [3.8, 4) is 0 Å². The summed E-state index contributed by atoms with van der Waals surface area (Å²) in [6, 6.07) is 7.65. The van der Waals surface area contributed by atoms with E-state index in [4.69, 9.17) is 5.73 Å². The Balaban J connectivity index is 1.76. The molecule has 1 aromatic carbocycles. The van der Waals surface area contributed by atoms with E-state index in [9.17, 15) is 13.2 Å². The summed E-state index contributed by atoms with van der Waals surface area (Å²) in [5.74, 6) is 0.179. The molecule has 2 aliphatic heterocycles. The SMILES string of the molecule is Nc1cccc2c1cc(C1CCN3CCCC3C1)n2CC(F)(F)F. The molecule has 24 heavy (non-hydrogen) atoms. The lowest BCUT2D eigenvalue weighted by molar-refractivity contribution is -0.140. The van der Waals surface area contributed by atoms with E-state index in [0.29, 0.717) is 17.2 Å². The number of fused-ring (bicyclic) bond motifs is 2. The average Bonchev–Trinajstić information content (AvgIpc) is 3.11. The number of rotatable bonds is 2. The lowest BCUT2D eigenvalue weighted by Gasteiger charge is -2.35. The first-order valence-corrected chi connectivity index (χ1v) is 8.61. The third kappa shape index (κ3) is 2.77. The molecule has 0 spiro atoms. The molecule has 0 aliphatic carbocycles. The van der Waals surface area contributed by atoms with Gasteiger partial charge < -0.3 is 15.2 Å². The summed E-state index contributed by atoms with van der Waals surface area (Å²) in [7, 11) is 0. The van der Waals surface area contributed by atoms with Crippen LogP contribution in [0.1, 0.15) is 37.3 Å². The quantitative estimate of drug-likeness (QED) is 0.836. The number of piperidine rings is 1. The number of halogens is 3. The van der Waals surface area contributed by atoms with E-state index < -0.39 is 12.7 Å². The van der Waals surface area contributed by atoms with Crippen molar-refractivity contribution in [2.45, 2.75) is 50.4 Å². The predicted octanol–water partition coefficient (Wildman–Crippen LogP) is 4.13. The van der Waals surface area contributed by atoms with Gasteiger partial charge in [-0.05, 0) is 57.0 Å². The molecular formula is C18H22F3N3. The van der Waals surface area contributed by atoms with Crippen LogP contribution in [0.3, 0.4) is 0 Å². The van der Waals surface area contributed by atoms with E-state index >= 15 is 0 Å². The summed E-state index contributed by atoms with van der Waals surface area (Å²) in [4.78, 5) is 2.49. The molecule has 3 nitrogen and oxygen atoms in total. The molecule has 6 heteroatoms. The Morgan fingerprint density at radius 2 is 2.00 bits per heavy atom. The van der Waals surface area contributed by atoms with Crippen molar-refractivity contribution in [3.05, 3.63) is 30.0 Å². The lowest BCUT2D eigenvalue weighted by Crippen LogP contribution is -2.37. The van der Waals surface area contributed by atoms with Gasteiger partial charge in [0.15, 0.2) is 0 Å². The molecule has 3 heterocycles. The number of hydrogen-bond acceptors (Lipinski definition) is 2. The van der Waals surface area contributed by atoms with Crippen molar-refractivity contribution in [1.29, 1.82) is 0 Å². The predicted molar refractivity (Wildman–Crippen MR) is 89.0 cm³/mol. The Kier molecular flexibility index (Phi) is 3.75. The molecule has 2 aliphatic rings. The first-order chi connectivity index (χ1) is 11.4. The molecule has 2 saturated heterocycles. The van der Waals surface area contributed by atoms with E-state index in [1.165, 1.54) is 11.0 Å². The minimum Gasteiger partial charge on any atom is -0.398 e. The number of nitrogens with two attached hydrogens (primary N) is 1. The zero-order valence-electron chi connectivity index (χ0n) is 13.5. The number of alkyl halides is 3. The van der Waals surface area contributed by atoms with E-state index in [1.54, 1.807) is 18.2 Å². The highest BCUT2D eigenvalue weighted by Gasteiger charge is 2.36. The van der Waals surface area contributed by atoms with Crippen LogP contribution in [0, 0.1) is 0 Å². The van der Waals surface area contributed by atoms with Gasteiger partial charge in [-0.25, -0.2) is 0 Å². The molecule has 1 aromatic heterocycles. The normalized spacial score (nSPS) is 25.3. The van der Waals surface area contributed by atoms with Gasteiger partial charge in [0.1, 0.15) is 6.54 Å². The number of benzene rings is 1. The van der Waals surface area contributed by atoms with Crippen molar-refractivity contribution in [2.75, 3.05) is 18.8 Å². The Labute approximate surface area is 139 Å². The Morgan fingerprint density at radius 3 is 2.79 bits per heavy atom. The van der Waals surface area contributed by atoms with Gasteiger partial charge in [-0.15, -0.1) is 0 Å². The molecule has 0 bridgehead atoms. The lowest BCUT2D eigenvalue weighted by atomic mass is 9.88. The minimum absolute atomic E-state index is 0.179. The van der Waals surface area contributed by atoms with Crippen LogP contribution >= 0.6 is 0 Å². The van der Waals surface area contributed by atoms with Gasteiger partial charge in [-0.3, -0.25) is 0 Å². The van der Waals surface area contributed by atoms with Crippen LogP contribution in [-0.4, -0.2) is 34.8 Å². The highest BCUT2D eigenvalue weighted by Crippen LogP contribution is 2.40. The van der Waals surface area contributed by atoms with E-state index in [1.807, 2.05) is 6.07 Å². The monoisotopic (exact) mass is 337 g/mol. The van der Waals surface area contributed by atoms with Crippen LogP contribution in [0.2, 0.25) is 0 Å². The minimum atomic E-state index is -4.24. The van der Waals surface area contributed by atoms with Crippen LogP contribution in [-0.2, 0) is 6.54 Å². The zero-order valence-corrected chi connectivity index (χ0v) is 13.5. The van der Waals surface area contributed by atoms with Crippen LogP contribution in [0.5, 0.6) is 0 Å². The van der Waals surface area contributed by atoms with Gasteiger partial charge in [0.25, 0.3) is 0 Å². The number of aromatic nitrogens is 1. The Morgan fingerprint density at radius 1 is 1.17 bits per heavy atom. The first-order valence-electron chi connectivity index (χ1n) is 8.61. The van der Waals surface area contributed by atoms with E-state index in [2.05, 4.69) is 4.90 Å². The largest absolute Gasteiger partial charge is 0.406 e. The van der Waals surface area contributed by atoms with Gasteiger partial charge >= 0.3 is 6.18 Å². The van der Waals surface area contributed by atoms with Gasteiger partial charge in [0.05, 0.1) is 5.52 Å². The van der Waals surface area contributed by atoms with Crippen LogP contribution < -0.4 is 5.73 Å². The van der Waals surface area contributed by atoms with Crippen molar-refractivity contribution in [2.24, 2.45) is 0 Å². The summed E-state index contributed by atoms with van der Waals surface area (Å²) < 4.78 is 40.9. The van der Waals surface area contributed by atoms with E-state index in [-0.39, 0.29) is 5.92 Å². The average molecular weight is 337 g/mol. The highest BCUT2D eigenvalue weighted by molar-refractivity contribution is 5.92. The number of nitrogen functional groups attached to an aromatic ring is 1. The summed E-state index contributed by atoms with van der Waals surface area (Å²) >= 11 is 0. The zero-order chi connectivity index (χ0) is 16.9. The highest BCUT2D eigenvalue weighted by atomic mass is 19.4. The van der Waals surface area contributed by atoms with Crippen molar-refractivity contribution >= 4 is 16.6 Å². The summed E-state index contributed by atoms with van der Waals surface area (Å²) in [6.07, 6.45) is 0.00600. The first kappa shape index (κ1) is 15.8. The molecule has 2 atom stereocenters. The Hall–Kier alpha value is -1.69. The number of anilines is 1. The molecule has 0 saturated carbocycles. The second kappa shape index (κ2) is 5.69. The molecule has 130 valence electrons. The third-order valence-electron chi connectivity index (χ3n) is 5.59. The fraction of sp³-hybridized carbons (Fsp3) is 0.556. The maximum atomic E-state index is 13.1. The van der Waals surface area contributed by atoms with Crippen LogP contribution in [0.25, 0.3) is 10.9 Å². The molecule has 0 radical (unpaired) electrons. The van der Waals surface area contributed by atoms with Crippen molar-refractivity contribution in [1.82, 2.24) is 9.47 Å². The molecule has 0 amide bonds. The van der Waals surface area contributed by atoms with Crippen molar-refractivity contribution in [3.63, 3.8) is 0 Å². The smallest absolute Gasteiger partial charge is 0.398 e. The third-order valence-corrected chi connectivity index (χ3v) is 5.59. The Bertz CT molecular complexity index is 750. The topological polar surface area (TPSA) is 34.2 Å². The van der Waals surface area contributed by atoms with Gasteiger partial charge in [0.2, 0.25) is 0 Å². The summed E-state index contributed by atoms with van der Waals surface area (Å²) in [5.41, 5.74) is 7.96.